The molecule has 0 radical (unpaired) electrons. The van der Waals surface area contributed by atoms with Crippen LogP contribution in [0.3, 0.4) is 0 Å². The second-order valence-corrected chi connectivity index (χ2v) is 6.68. The molecule has 0 saturated carbocycles. The van der Waals surface area contributed by atoms with Crippen LogP contribution in [0, 0.1) is 5.92 Å². The molecule has 21 heavy (non-hydrogen) atoms. The van der Waals surface area contributed by atoms with Crippen molar-refractivity contribution in [3.63, 3.8) is 0 Å². The van der Waals surface area contributed by atoms with Gasteiger partial charge in [0.2, 0.25) is 5.91 Å². The summed E-state index contributed by atoms with van der Waals surface area (Å²) in [6, 6.07) is 0.449. The minimum Gasteiger partial charge on any atom is -0.379 e. The van der Waals surface area contributed by atoms with Crippen LogP contribution in [-0.4, -0.2) is 62.3 Å². The molecule has 0 aromatic rings. The van der Waals surface area contributed by atoms with Gasteiger partial charge in [0, 0.05) is 25.7 Å². The van der Waals surface area contributed by atoms with E-state index in [9.17, 15) is 4.79 Å². The van der Waals surface area contributed by atoms with Crippen LogP contribution in [0.4, 0.5) is 0 Å². The number of nitrogens with zero attached hydrogens (tertiary/aromatic N) is 1. The number of piperidine rings is 1. The van der Waals surface area contributed by atoms with Crippen molar-refractivity contribution in [2.75, 3.05) is 39.4 Å². The van der Waals surface area contributed by atoms with E-state index >= 15 is 0 Å². The molecule has 1 amide bonds. The first-order chi connectivity index (χ1) is 10.2. The highest BCUT2D eigenvalue weighted by atomic mass is 16.5. The van der Waals surface area contributed by atoms with Gasteiger partial charge in [-0.05, 0) is 31.7 Å². The molecule has 1 unspecified atom stereocenters. The first kappa shape index (κ1) is 16.7. The van der Waals surface area contributed by atoms with Gasteiger partial charge in [-0.1, -0.05) is 20.3 Å². The third kappa shape index (κ3) is 5.57. The topological polar surface area (TPSA) is 53.6 Å². The summed E-state index contributed by atoms with van der Waals surface area (Å²) in [6.45, 7) is 9.81. The molecular formula is C16H31N3O2. The van der Waals surface area contributed by atoms with Gasteiger partial charge in [-0.15, -0.1) is 0 Å². The fourth-order valence-electron chi connectivity index (χ4n) is 3.27. The summed E-state index contributed by atoms with van der Waals surface area (Å²) in [5.41, 5.74) is 0. The standard InChI is InChI=1S/C16H31N3O2/c1-13(2)11-14(19-7-9-21-10-8-19)12-18-16(20)15-5-3-4-6-17-15/h13-15,17H,3-12H2,1-2H3,(H,18,20)/t14?,15-/m0/s1. The lowest BCUT2D eigenvalue weighted by atomic mass is 10.0. The van der Waals surface area contributed by atoms with E-state index < -0.39 is 0 Å². The summed E-state index contributed by atoms with van der Waals surface area (Å²) < 4.78 is 5.44. The molecule has 0 bridgehead atoms. The van der Waals surface area contributed by atoms with E-state index in [1.54, 1.807) is 0 Å². The summed E-state index contributed by atoms with van der Waals surface area (Å²) >= 11 is 0. The predicted molar refractivity (Wildman–Crippen MR) is 84.3 cm³/mol. The fraction of sp³-hybridized carbons (Fsp3) is 0.938. The number of hydrogen-bond acceptors (Lipinski definition) is 4. The van der Waals surface area contributed by atoms with Crippen LogP contribution in [0.5, 0.6) is 0 Å². The van der Waals surface area contributed by atoms with Gasteiger partial charge in [0.15, 0.2) is 0 Å². The Morgan fingerprint density at radius 2 is 2.10 bits per heavy atom. The molecule has 0 aromatic carbocycles. The van der Waals surface area contributed by atoms with E-state index in [1.165, 1.54) is 6.42 Å². The zero-order valence-electron chi connectivity index (χ0n) is 13.6. The van der Waals surface area contributed by atoms with Crippen molar-refractivity contribution in [2.24, 2.45) is 5.92 Å². The Morgan fingerprint density at radius 1 is 1.33 bits per heavy atom. The zero-order chi connectivity index (χ0) is 15.1. The maximum atomic E-state index is 12.3. The van der Waals surface area contributed by atoms with Crippen LogP contribution < -0.4 is 10.6 Å². The van der Waals surface area contributed by atoms with Crippen LogP contribution in [0.1, 0.15) is 39.5 Å². The fourth-order valence-corrected chi connectivity index (χ4v) is 3.27. The van der Waals surface area contributed by atoms with Crippen molar-refractivity contribution >= 4 is 5.91 Å². The van der Waals surface area contributed by atoms with Crippen molar-refractivity contribution in [1.29, 1.82) is 0 Å². The number of carbonyl (C=O) groups is 1. The number of hydrogen-bond donors (Lipinski definition) is 2. The van der Waals surface area contributed by atoms with Crippen LogP contribution in [0.25, 0.3) is 0 Å². The molecule has 2 fully saturated rings. The molecule has 0 spiro atoms. The lowest BCUT2D eigenvalue weighted by molar-refractivity contribution is -0.124. The first-order valence-corrected chi connectivity index (χ1v) is 8.49. The maximum Gasteiger partial charge on any atom is 0.237 e. The largest absolute Gasteiger partial charge is 0.379 e. The average Bonchev–Trinajstić information content (AvgIpc) is 2.52. The monoisotopic (exact) mass is 297 g/mol. The molecule has 2 rings (SSSR count). The number of morpholine rings is 1. The Balaban J connectivity index is 1.81. The second kappa shape index (κ2) is 8.71. The molecule has 2 N–H and O–H groups in total. The van der Waals surface area contributed by atoms with Crippen molar-refractivity contribution in [1.82, 2.24) is 15.5 Å². The SMILES string of the molecule is CC(C)CC(CNC(=O)[C@@H]1CCCCN1)N1CCOCC1. The van der Waals surface area contributed by atoms with Crippen molar-refractivity contribution in [3.05, 3.63) is 0 Å². The third-order valence-corrected chi connectivity index (χ3v) is 4.44. The van der Waals surface area contributed by atoms with Crippen molar-refractivity contribution in [2.45, 2.75) is 51.6 Å². The molecule has 2 saturated heterocycles. The Morgan fingerprint density at radius 3 is 2.71 bits per heavy atom. The minimum atomic E-state index is 0.0168. The second-order valence-electron chi connectivity index (χ2n) is 6.68. The molecule has 0 aromatic heterocycles. The van der Waals surface area contributed by atoms with E-state index in [-0.39, 0.29) is 11.9 Å². The molecule has 2 aliphatic heterocycles. The molecule has 2 atom stereocenters. The van der Waals surface area contributed by atoms with E-state index in [0.717, 1.165) is 58.7 Å². The summed E-state index contributed by atoms with van der Waals surface area (Å²) in [6.07, 6.45) is 4.44. The maximum absolute atomic E-state index is 12.3. The van der Waals surface area contributed by atoms with Gasteiger partial charge in [-0.3, -0.25) is 9.69 Å². The van der Waals surface area contributed by atoms with Gasteiger partial charge in [-0.2, -0.15) is 0 Å². The van der Waals surface area contributed by atoms with Crippen LogP contribution >= 0.6 is 0 Å². The number of ether oxygens (including phenoxy) is 1. The summed E-state index contributed by atoms with van der Waals surface area (Å²) in [5.74, 6) is 0.819. The Hall–Kier alpha value is -0.650. The van der Waals surface area contributed by atoms with E-state index in [2.05, 4.69) is 29.4 Å². The molecule has 0 aliphatic carbocycles. The lowest BCUT2D eigenvalue weighted by Crippen LogP contribution is -2.52. The quantitative estimate of drug-likeness (QED) is 0.768. The molecule has 2 aliphatic rings. The van der Waals surface area contributed by atoms with Gasteiger partial charge < -0.3 is 15.4 Å². The molecule has 2 heterocycles. The van der Waals surface area contributed by atoms with Crippen LogP contribution in [0.15, 0.2) is 0 Å². The summed E-state index contributed by atoms with van der Waals surface area (Å²) in [7, 11) is 0. The van der Waals surface area contributed by atoms with Gasteiger partial charge in [-0.25, -0.2) is 0 Å². The Kier molecular flexibility index (Phi) is 6.93. The highest BCUT2D eigenvalue weighted by Crippen LogP contribution is 2.13. The van der Waals surface area contributed by atoms with E-state index in [0.29, 0.717) is 12.0 Å². The number of amides is 1. The first-order valence-electron chi connectivity index (χ1n) is 8.49. The Labute approximate surface area is 128 Å². The summed E-state index contributed by atoms with van der Waals surface area (Å²) in [4.78, 5) is 14.7. The lowest BCUT2D eigenvalue weighted by Gasteiger charge is -2.36. The molecule has 5 nitrogen and oxygen atoms in total. The van der Waals surface area contributed by atoms with Gasteiger partial charge in [0.1, 0.15) is 0 Å². The zero-order valence-corrected chi connectivity index (χ0v) is 13.6. The van der Waals surface area contributed by atoms with Crippen molar-refractivity contribution < 1.29 is 9.53 Å². The van der Waals surface area contributed by atoms with Gasteiger partial charge in [0.05, 0.1) is 19.3 Å². The molecular weight excluding hydrogens is 266 g/mol. The van der Waals surface area contributed by atoms with Crippen LogP contribution in [0.2, 0.25) is 0 Å². The van der Waals surface area contributed by atoms with E-state index in [4.69, 9.17) is 4.74 Å². The molecule has 5 heteroatoms. The summed E-state index contributed by atoms with van der Waals surface area (Å²) in [5, 5.41) is 6.49. The van der Waals surface area contributed by atoms with Crippen molar-refractivity contribution in [3.8, 4) is 0 Å². The molecule has 122 valence electrons. The Bertz CT molecular complexity index is 311. The normalized spacial score (nSPS) is 25.8. The average molecular weight is 297 g/mol. The number of rotatable bonds is 6. The predicted octanol–water partition coefficient (Wildman–Crippen LogP) is 0.992. The third-order valence-electron chi connectivity index (χ3n) is 4.44. The highest BCUT2D eigenvalue weighted by molar-refractivity contribution is 5.81. The van der Waals surface area contributed by atoms with Gasteiger partial charge >= 0.3 is 0 Å². The van der Waals surface area contributed by atoms with Crippen LogP contribution in [-0.2, 0) is 9.53 Å². The minimum absolute atomic E-state index is 0.0168. The highest BCUT2D eigenvalue weighted by Gasteiger charge is 2.25. The smallest absolute Gasteiger partial charge is 0.237 e. The van der Waals surface area contributed by atoms with E-state index in [1.807, 2.05) is 0 Å². The number of nitrogens with one attached hydrogen (secondary N) is 2. The number of carbonyl (C=O) groups excluding carboxylic acids is 1. The van der Waals surface area contributed by atoms with Gasteiger partial charge in [0.25, 0.3) is 0 Å².